The minimum atomic E-state index is -0.127. The lowest BCUT2D eigenvalue weighted by atomic mass is 10.1. The highest BCUT2D eigenvalue weighted by Crippen LogP contribution is 2.11. The van der Waals surface area contributed by atoms with Gasteiger partial charge in [0.25, 0.3) is 0 Å². The van der Waals surface area contributed by atoms with Crippen LogP contribution in [0.15, 0.2) is 35.1 Å². The standard InChI is InChI=1S/C23H33N5O2/c29-22(19-28-23(30)27-16-6-2-5-12-21(27)24-28)26-15-8-14-25(17-18-26)13-7-11-20-9-3-1-4-10-20/h1,3-4,9-10H,2,5-8,11-19H2. The smallest absolute Gasteiger partial charge is 0.340 e. The third-order valence-electron chi connectivity index (χ3n) is 6.29. The number of benzene rings is 1. The number of aryl methyl sites for hydroxylation is 2. The summed E-state index contributed by atoms with van der Waals surface area (Å²) >= 11 is 0. The molecule has 1 fully saturated rings. The first-order valence-electron chi connectivity index (χ1n) is 11.4. The lowest BCUT2D eigenvalue weighted by molar-refractivity contribution is -0.132. The third kappa shape index (κ3) is 5.19. The fourth-order valence-electron chi connectivity index (χ4n) is 4.55. The third-order valence-corrected chi connectivity index (χ3v) is 6.29. The largest absolute Gasteiger partial charge is 0.346 e. The van der Waals surface area contributed by atoms with Crippen LogP contribution in [0.5, 0.6) is 0 Å². The van der Waals surface area contributed by atoms with Crippen LogP contribution in [0.25, 0.3) is 0 Å². The number of hydrogen-bond acceptors (Lipinski definition) is 4. The lowest BCUT2D eigenvalue weighted by Crippen LogP contribution is -2.39. The summed E-state index contributed by atoms with van der Waals surface area (Å²) in [6.45, 7) is 5.26. The van der Waals surface area contributed by atoms with Crippen LogP contribution in [0.4, 0.5) is 0 Å². The summed E-state index contributed by atoms with van der Waals surface area (Å²) in [6.07, 6.45) is 7.25. The van der Waals surface area contributed by atoms with Crippen LogP contribution >= 0.6 is 0 Å². The quantitative estimate of drug-likeness (QED) is 0.729. The van der Waals surface area contributed by atoms with E-state index in [2.05, 4.69) is 40.3 Å². The fraction of sp³-hybridized carbons (Fsp3) is 0.609. The van der Waals surface area contributed by atoms with Gasteiger partial charge < -0.3 is 9.80 Å². The van der Waals surface area contributed by atoms with Crippen LogP contribution in [0, 0.1) is 0 Å². The molecule has 7 nitrogen and oxygen atoms in total. The van der Waals surface area contributed by atoms with Gasteiger partial charge in [-0.2, -0.15) is 5.10 Å². The maximum Gasteiger partial charge on any atom is 0.346 e. The van der Waals surface area contributed by atoms with E-state index in [1.165, 1.54) is 10.2 Å². The maximum atomic E-state index is 12.9. The minimum Gasteiger partial charge on any atom is -0.340 e. The molecule has 0 N–H and O–H groups in total. The van der Waals surface area contributed by atoms with Gasteiger partial charge in [0.05, 0.1) is 0 Å². The van der Waals surface area contributed by atoms with E-state index in [0.29, 0.717) is 0 Å². The van der Waals surface area contributed by atoms with E-state index in [9.17, 15) is 9.59 Å². The van der Waals surface area contributed by atoms with Gasteiger partial charge in [0.2, 0.25) is 5.91 Å². The number of carbonyl (C=O) groups is 1. The first-order valence-corrected chi connectivity index (χ1v) is 11.4. The van der Waals surface area contributed by atoms with Gasteiger partial charge in [-0.25, -0.2) is 9.48 Å². The Labute approximate surface area is 178 Å². The topological polar surface area (TPSA) is 63.4 Å². The maximum absolute atomic E-state index is 12.9. The van der Waals surface area contributed by atoms with Crippen molar-refractivity contribution in [2.24, 2.45) is 0 Å². The number of amides is 1. The van der Waals surface area contributed by atoms with Crippen molar-refractivity contribution in [1.82, 2.24) is 24.1 Å². The van der Waals surface area contributed by atoms with Crippen molar-refractivity contribution in [2.75, 3.05) is 32.7 Å². The molecule has 1 saturated heterocycles. The molecule has 2 aromatic rings. The van der Waals surface area contributed by atoms with Gasteiger partial charge in [-0.1, -0.05) is 36.8 Å². The second kappa shape index (κ2) is 10.1. The van der Waals surface area contributed by atoms with E-state index < -0.39 is 0 Å². The number of nitrogens with zero attached hydrogens (tertiary/aromatic N) is 5. The number of hydrogen-bond donors (Lipinski definition) is 0. The highest BCUT2D eigenvalue weighted by Gasteiger charge is 2.22. The zero-order valence-corrected chi connectivity index (χ0v) is 17.8. The molecular formula is C23H33N5O2. The first kappa shape index (κ1) is 20.8. The molecule has 7 heteroatoms. The molecule has 0 aliphatic carbocycles. The summed E-state index contributed by atoms with van der Waals surface area (Å²) in [6, 6.07) is 10.6. The summed E-state index contributed by atoms with van der Waals surface area (Å²) in [4.78, 5) is 29.9. The first-order chi connectivity index (χ1) is 14.7. The molecule has 0 spiro atoms. The highest BCUT2D eigenvalue weighted by molar-refractivity contribution is 5.75. The number of rotatable bonds is 6. The molecule has 0 atom stereocenters. The van der Waals surface area contributed by atoms with Gasteiger partial charge in [0.15, 0.2) is 0 Å². The Balaban J connectivity index is 1.27. The van der Waals surface area contributed by atoms with Crippen molar-refractivity contribution in [3.63, 3.8) is 0 Å². The van der Waals surface area contributed by atoms with Crippen LogP contribution in [0.3, 0.4) is 0 Å². The molecule has 1 amide bonds. The Kier molecular flexibility index (Phi) is 7.00. The minimum absolute atomic E-state index is 0.0106. The summed E-state index contributed by atoms with van der Waals surface area (Å²) in [7, 11) is 0. The summed E-state index contributed by atoms with van der Waals surface area (Å²) < 4.78 is 3.14. The van der Waals surface area contributed by atoms with E-state index in [1.807, 2.05) is 4.90 Å². The van der Waals surface area contributed by atoms with Crippen molar-refractivity contribution in [3.8, 4) is 0 Å². The highest BCUT2D eigenvalue weighted by atomic mass is 16.2. The van der Waals surface area contributed by atoms with E-state index in [1.54, 1.807) is 4.57 Å². The molecule has 4 rings (SSSR count). The van der Waals surface area contributed by atoms with Crippen molar-refractivity contribution in [2.45, 2.75) is 58.0 Å². The molecule has 1 aromatic carbocycles. The zero-order valence-electron chi connectivity index (χ0n) is 17.8. The summed E-state index contributed by atoms with van der Waals surface area (Å²) in [5.41, 5.74) is 1.26. The van der Waals surface area contributed by atoms with Crippen LogP contribution < -0.4 is 5.69 Å². The van der Waals surface area contributed by atoms with E-state index in [-0.39, 0.29) is 18.1 Å². The van der Waals surface area contributed by atoms with Gasteiger partial charge in [0.1, 0.15) is 12.4 Å². The molecule has 0 unspecified atom stereocenters. The van der Waals surface area contributed by atoms with Gasteiger partial charge >= 0.3 is 5.69 Å². The molecule has 162 valence electrons. The van der Waals surface area contributed by atoms with Crippen molar-refractivity contribution >= 4 is 5.91 Å². The Morgan fingerprint density at radius 1 is 0.933 bits per heavy atom. The Morgan fingerprint density at radius 2 is 1.80 bits per heavy atom. The van der Waals surface area contributed by atoms with Gasteiger partial charge in [-0.05, 0) is 50.8 Å². The van der Waals surface area contributed by atoms with E-state index in [4.69, 9.17) is 0 Å². The van der Waals surface area contributed by atoms with Crippen molar-refractivity contribution in [3.05, 3.63) is 52.2 Å². The molecular weight excluding hydrogens is 378 g/mol. The average Bonchev–Trinajstić information content (AvgIpc) is 2.99. The number of fused-ring (bicyclic) bond motifs is 1. The molecule has 2 aliphatic heterocycles. The van der Waals surface area contributed by atoms with Crippen LogP contribution in [0.1, 0.15) is 43.5 Å². The summed E-state index contributed by atoms with van der Waals surface area (Å²) in [5.74, 6) is 0.849. The number of aromatic nitrogens is 3. The van der Waals surface area contributed by atoms with Gasteiger partial charge in [-0.15, -0.1) is 0 Å². The molecule has 3 heterocycles. The Bertz CT molecular complexity index is 889. The average molecular weight is 412 g/mol. The lowest BCUT2D eigenvalue weighted by Gasteiger charge is -2.22. The monoisotopic (exact) mass is 411 g/mol. The predicted octanol–water partition coefficient (Wildman–Crippen LogP) is 1.94. The van der Waals surface area contributed by atoms with Crippen molar-refractivity contribution < 1.29 is 4.79 Å². The van der Waals surface area contributed by atoms with Gasteiger partial charge in [0, 0.05) is 32.6 Å². The molecule has 2 aliphatic rings. The summed E-state index contributed by atoms with van der Waals surface area (Å²) in [5, 5.41) is 4.46. The molecule has 1 aromatic heterocycles. The predicted molar refractivity (Wildman–Crippen MR) is 116 cm³/mol. The molecule has 0 radical (unpaired) electrons. The SMILES string of the molecule is O=C(Cn1nc2n(c1=O)CCCCC2)N1CCCN(CCCc2ccccc2)CC1. The normalized spacial score (nSPS) is 17.9. The Hall–Kier alpha value is -2.41. The Morgan fingerprint density at radius 3 is 2.67 bits per heavy atom. The fourth-order valence-corrected chi connectivity index (χ4v) is 4.55. The molecule has 30 heavy (non-hydrogen) atoms. The van der Waals surface area contributed by atoms with Crippen molar-refractivity contribution in [1.29, 1.82) is 0 Å². The zero-order chi connectivity index (χ0) is 20.8. The van der Waals surface area contributed by atoms with Crippen LogP contribution in [-0.4, -0.2) is 62.8 Å². The van der Waals surface area contributed by atoms with E-state index in [0.717, 1.165) is 90.0 Å². The number of carbonyl (C=O) groups excluding carboxylic acids is 1. The van der Waals surface area contributed by atoms with Crippen LogP contribution in [0.2, 0.25) is 0 Å². The molecule has 0 saturated carbocycles. The molecule has 0 bridgehead atoms. The van der Waals surface area contributed by atoms with Gasteiger partial charge in [-0.3, -0.25) is 9.36 Å². The second-order valence-corrected chi connectivity index (χ2v) is 8.48. The second-order valence-electron chi connectivity index (χ2n) is 8.48. The van der Waals surface area contributed by atoms with E-state index >= 15 is 0 Å². The van der Waals surface area contributed by atoms with Crippen LogP contribution in [-0.2, 0) is 30.7 Å².